The number of urea groups is 1. The van der Waals surface area contributed by atoms with Gasteiger partial charge in [-0.1, -0.05) is 18.2 Å². The van der Waals surface area contributed by atoms with E-state index in [4.69, 9.17) is 4.74 Å². The molecule has 2 aliphatic rings. The van der Waals surface area contributed by atoms with Gasteiger partial charge in [0.15, 0.2) is 0 Å². The summed E-state index contributed by atoms with van der Waals surface area (Å²) in [6.45, 7) is 5.53. The van der Waals surface area contributed by atoms with Gasteiger partial charge in [0, 0.05) is 31.5 Å². The lowest BCUT2D eigenvalue weighted by Crippen LogP contribution is -2.43. The minimum absolute atomic E-state index is 0.0204. The van der Waals surface area contributed by atoms with E-state index in [0.717, 1.165) is 48.8 Å². The normalized spacial score (nSPS) is 24.2. The fraction of sp³-hybridized carbons (Fsp3) is 0.526. The molecule has 4 rings (SSSR count). The van der Waals surface area contributed by atoms with Crippen molar-refractivity contribution in [3.63, 3.8) is 0 Å². The number of hydrogen-bond acceptors (Lipinski definition) is 4. The van der Waals surface area contributed by atoms with Crippen LogP contribution in [0.3, 0.4) is 0 Å². The second-order valence-electron chi connectivity index (χ2n) is 7.29. The van der Waals surface area contributed by atoms with E-state index >= 15 is 0 Å². The molecule has 3 atom stereocenters. The Balaban J connectivity index is 1.33. The monoisotopic (exact) mass is 355 g/mol. The topological polar surface area (TPSA) is 81.1 Å². The van der Waals surface area contributed by atoms with Crippen LogP contribution < -0.4 is 15.4 Å². The van der Waals surface area contributed by atoms with E-state index in [1.54, 1.807) is 0 Å². The summed E-state index contributed by atoms with van der Waals surface area (Å²) in [7, 11) is 0. The summed E-state index contributed by atoms with van der Waals surface area (Å²) in [5.41, 5.74) is 1.04. The van der Waals surface area contributed by atoms with Crippen molar-refractivity contribution < 1.29 is 9.53 Å². The van der Waals surface area contributed by atoms with Crippen molar-refractivity contribution in [3.8, 4) is 5.75 Å². The predicted octanol–water partition coefficient (Wildman–Crippen LogP) is 2.36. The van der Waals surface area contributed by atoms with Crippen LogP contribution in [0, 0.1) is 12.8 Å². The number of aryl methyl sites for hydroxylation is 2. The minimum Gasteiger partial charge on any atom is -0.490 e. The fourth-order valence-electron chi connectivity index (χ4n) is 3.88. The van der Waals surface area contributed by atoms with Crippen molar-refractivity contribution in [2.45, 2.75) is 51.8 Å². The predicted molar refractivity (Wildman–Crippen MR) is 97.0 cm³/mol. The number of rotatable bonds is 3. The maximum absolute atomic E-state index is 12.4. The summed E-state index contributed by atoms with van der Waals surface area (Å²) in [5, 5.41) is 14.5. The maximum atomic E-state index is 12.4. The minimum atomic E-state index is -0.120. The largest absolute Gasteiger partial charge is 0.490 e. The van der Waals surface area contributed by atoms with Crippen LogP contribution in [0.1, 0.15) is 43.0 Å². The first kappa shape index (κ1) is 16.9. The van der Waals surface area contributed by atoms with Gasteiger partial charge in [0.25, 0.3) is 0 Å². The molecule has 2 amide bonds. The molecule has 0 spiro atoms. The molecule has 0 radical (unpaired) electrons. The summed E-state index contributed by atoms with van der Waals surface area (Å²) < 4.78 is 8.01. The van der Waals surface area contributed by atoms with Crippen LogP contribution in [0.2, 0.25) is 0 Å². The molecule has 1 unspecified atom stereocenters. The highest BCUT2D eigenvalue weighted by atomic mass is 16.5. The van der Waals surface area contributed by atoms with Crippen LogP contribution in [-0.4, -0.2) is 33.4 Å². The third-order valence-corrected chi connectivity index (χ3v) is 5.28. The Hall–Kier alpha value is -2.57. The van der Waals surface area contributed by atoms with Crippen LogP contribution in [0.4, 0.5) is 4.79 Å². The van der Waals surface area contributed by atoms with Gasteiger partial charge in [-0.25, -0.2) is 4.79 Å². The van der Waals surface area contributed by atoms with Crippen LogP contribution >= 0.6 is 0 Å². The molecule has 7 nitrogen and oxygen atoms in total. The lowest BCUT2D eigenvalue weighted by atomic mass is 9.97. The number of para-hydroxylation sites is 1. The zero-order chi connectivity index (χ0) is 18.1. The van der Waals surface area contributed by atoms with Crippen molar-refractivity contribution in [2.75, 3.05) is 6.54 Å². The fourth-order valence-corrected chi connectivity index (χ4v) is 3.88. The summed E-state index contributed by atoms with van der Waals surface area (Å²) in [6.07, 6.45) is 2.80. The Morgan fingerprint density at radius 2 is 2.19 bits per heavy atom. The van der Waals surface area contributed by atoms with Gasteiger partial charge in [-0.15, -0.1) is 10.2 Å². The van der Waals surface area contributed by atoms with E-state index in [1.165, 1.54) is 0 Å². The Kier molecular flexibility index (Phi) is 4.53. The van der Waals surface area contributed by atoms with Gasteiger partial charge < -0.3 is 19.9 Å². The Bertz CT molecular complexity index is 803. The molecule has 26 heavy (non-hydrogen) atoms. The highest BCUT2D eigenvalue weighted by molar-refractivity contribution is 5.74. The van der Waals surface area contributed by atoms with Gasteiger partial charge in [0.05, 0.1) is 12.1 Å². The van der Waals surface area contributed by atoms with E-state index in [9.17, 15) is 4.79 Å². The second-order valence-corrected chi connectivity index (χ2v) is 7.29. The molecule has 138 valence electrons. The number of carbonyl (C=O) groups is 1. The third-order valence-electron chi connectivity index (χ3n) is 5.28. The molecule has 0 aliphatic carbocycles. The number of benzene rings is 1. The lowest BCUT2D eigenvalue weighted by Gasteiger charge is -2.31. The van der Waals surface area contributed by atoms with Gasteiger partial charge >= 0.3 is 6.03 Å². The average molecular weight is 355 g/mol. The molecule has 3 heterocycles. The zero-order valence-corrected chi connectivity index (χ0v) is 15.2. The van der Waals surface area contributed by atoms with Crippen LogP contribution in [-0.2, 0) is 13.0 Å². The number of nitrogens with one attached hydrogen (secondary N) is 2. The highest BCUT2D eigenvalue weighted by Crippen LogP contribution is 2.34. The van der Waals surface area contributed by atoms with Gasteiger partial charge in [-0.05, 0) is 32.3 Å². The van der Waals surface area contributed by atoms with Crippen molar-refractivity contribution in [2.24, 2.45) is 5.92 Å². The van der Waals surface area contributed by atoms with Gasteiger partial charge in [0.1, 0.15) is 17.4 Å². The first-order valence-corrected chi connectivity index (χ1v) is 9.29. The smallest absolute Gasteiger partial charge is 0.315 e. The number of amides is 2. The zero-order valence-electron chi connectivity index (χ0n) is 15.2. The Labute approximate surface area is 153 Å². The quantitative estimate of drug-likeness (QED) is 0.886. The number of aromatic nitrogens is 3. The second kappa shape index (κ2) is 6.97. The van der Waals surface area contributed by atoms with E-state index in [1.807, 2.05) is 38.1 Å². The van der Waals surface area contributed by atoms with Crippen molar-refractivity contribution in [1.82, 2.24) is 25.4 Å². The Morgan fingerprint density at radius 3 is 3.08 bits per heavy atom. The molecule has 1 aromatic heterocycles. The molecule has 1 aromatic carbocycles. The van der Waals surface area contributed by atoms with Crippen LogP contribution in [0.15, 0.2) is 24.3 Å². The lowest BCUT2D eigenvalue weighted by molar-refractivity contribution is 0.165. The van der Waals surface area contributed by atoms with Crippen LogP contribution in [0.5, 0.6) is 5.75 Å². The first-order valence-electron chi connectivity index (χ1n) is 9.29. The molecule has 0 saturated carbocycles. The number of hydrogen-bond donors (Lipinski definition) is 2. The average Bonchev–Trinajstić information content (AvgIpc) is 3.00. The number of nitrogens with zero attached hydrogens (tertiary/aromatic N) is 3. The van der Waals surface area contributed by atoms with Gasteiger partial charge in [0.2, 0.25) is 0 Å². The molecule has 2 aliphatic heterocycles. The summed E-state index contributed by atoms with van der Waals surface area (Å²) in [6, 6.07) is 7.77. The van der Waals surface area contributed by atoms with E-state index in [0.29, 0.717) is 12.5 Å². The van der Waals surface area contributed by atoms with Crippen LogP contribution in [0.25, 0.3) is 0 Å². The molecule has 2 aromatic rings. The summed E-state index contributed by atoms with van der Waals surface area (Å²) in [4.78, 5) is 12.4. The van der Waals surface area contributed by atoms with E-state index < -0.39 is 0 Å². The maximum Gasteiger partial charge on any atom is 0.315 e. The first-order chi connectivity index (χ1) is 12.6. The molecule has 7 heteroatoms. The van der Waals surface area contributed by atoms with Gasteiger partial charge in [-0.3, -0.25) is 0 Å². The van der Waals surface area contributed by atoms with Crippen molar-refractivity contribution in [3.05, 3.63) is 41.5 Å². The van der Waals surface area contributed by atoms with E-state index in [2.05, 4.69) is 25.4 Å². The standard InChI is InChI=1S/C19H25N5O2/c1-12-9-16(15-5-3-4-6-17(15)26-12)21-19(25)20-10-14-7-8-18-23-22-13(2)24(18)11-14/h3-6,12,14,16H,7-11H2,1-2H3,(H2,20,21,25)/t12-,14?,16-/m1/s1. The van der Waals surface area contributed by atoms with E-state index in [-0.39, 0.29) is 18.2 Å². The molecular weight excluding hydrogens is 330 g/mol. The molecule has 0 saturated heterocycles. The molecular formula is C19H25N5O2. The molecule has 2 N–H and O–H groups in total. The number of carbonyl (C=O) groups excluding carboxylic acids is 1. The molecule has 0 fully saturated rings. The van der Waals surface area contributed by atoms with Gasteiger partial charge in [-0.2, -0.15) is 0 Å². The molecule has 0 bridgehead atoms. The number of ether oxygens (including phenoxy) is 1. The SMILES string of the molecule is Cc1nnc2n1CC(CNC(=O)N[C@@H]1C[C@@H](C)Oc3ccccc31)CC2. The Morgan fingerprint density at radius 1 is 1.35 bits per heavy atom. The van der Waals surface area contributed by atoms with Crippen molar-refractivity contribution >= 4 is 6.03 Å². The highest BCUT2D eigenvalue weighted by Gasteiger charge is 2.27. The number of fused-ring (bicyclic) bond motifs is 2. The third kappa shape index (κ3) is 3.38. The van der Waals surface area contributed by atoms with Crippen molar-refractivity contribution in [1.29, 1.82) is 0 Å². The summed E-state index contributed by atoms with van der Waals surface area (Å²) in [5.74, 6) is 3.27. The summed E-state index contributed by atoms with van der Waals surface area (Å²) >= 11 is 0.